The summed E-state index contributed by atoms with van der Waals surface area (Å²) in [7, 11) is 5.93. The van der Waals surface area contributed by atoms with Crippen LogP contribution in [0.3, 0.4) is 0 Å². The van der Waals surface area contributed by atoms with Crippen LogP contribution >= 0.6 is 0 Å². The molecule has 1 unspecified atom stereocenters. The molecule has 102 valence electrons. The molecule has 1 heterocycles. The smallest absolute Gasteiger partial charge is 0.241 e. The van der Waals surface area contributed by atoms with E-state index in [0.29, 0.717) is 0 Å². The third kappa shape index (κ3) is 3.21. The molecule has 1 aliphatic heterocycles. The Kier molecular flexibility index (Phi) is 4.71. The van der Waals surface area contributed by atoms with E-state index < -0.39 is 0 Å². The molecule has 0 aromatic carbocycles. The van der Waals surface area contributed by atoms with E-state index in [4.69, 9.17) is 5.26 Å². The lowest BCUT2D eigenvalue weighted by molar-refractivity contribution is -0.148. The molecule has 1 aliphatic rings. The van der Waals surface area contributed by atoms with Gasteiger partial charge in [0.15, 0.2) is 0 Å². The number of rotatable bonds is 4. The molecule has 0 radical (unpaired) electrons. The molecule has 5 heteroatoms. The molecule has 5 nitrogen and oxygen atoms in total. The van der Waals surface area contributed by atoms with Gasteiger partial charge in [-0.3, -0.25) is 9.69 Å². The van der Waals surface area contributed by atoms with Crippen molar-refractivity contribution in [1.29, 1.82) is 5.26 Å². The molecule has 1 saturated heterocycles. The van der Waals surface area contributed by atoms with Crippen LogP contribution in [0, 0.1) is 11.3 Å². The van der Waals surface area contributed by atoms with Gasteiger partial charge < -0.3 is 9.80 Å². The van der Waals surface area contributed by atoms with Crippen LogP contribution in [-0.4, -0.2) is 73.0 Å². The minimum Gasteiger partial charge on any atom is -0.338 e. The molecule has 1 amide bonds. The number of carbonyl (C=O) groups is 1. The highest BCUT2D eigenvalue weighted by molar-refractivity contribution is 5.83. The number of likely N-dealkylation sites (N-methyl/N-ethyl adjacent to an activating group) is 2. The Morgan fingerprint density at radius 1 is 1.50 bits per heavy atom. The Labute approximate surface area is 110 Å². The van der Waals surface area contributed by atoms with E-state index in [9.17, 15) is 4.79 Å². The Balaban J connectivity index is 2.81. The molecular weight excluding hydrogens is 228 g/mol. The number of carbonyl (C=O) groups excluding carboxylic acids is 1. The molecule has 0 aromatic rings. The van der Waals surface area contributed by atoms with Crippen molar-refractivity contribution in [3.05, 3.63) is 0 Å². The van der Waals surface area contributed by atoms with Crippen LogP contribution in [0.2, 0.25) is 0 Å². The molecule has 0 spiro atoms. The summed E-state index contributed by atoms with van der Waals surface area (Å²) < 4.78 is 0. The summed E-state index contributed by atoms with van der Waals surface area (Å²) in [4.78, 5) is 18.3. The summed E-state index contributed by atoms with van der Waals surface area (Å²) in [5.74, 6) is 0.0835. The van der Waals surface area contributed by atoms with Crippen LogP contribution in [0.25, 0.3) is 0 Å². The van der Waals surface area contributed by atoms with Gasteiger partial charge in [-0.1, -0.05) is 0 Å². The van der Waals surface area contributed by atoms with Crippen LogP contribution < -0.4 is 0 Å². The van der Waals surface area contributed by atoms with E-state index in [1.807, 2.05) is 30.9 Å². The molecule has 1 rings (SSSR count). The number of piperazine rings is 1. The Bertz CT molecular complexity index is 345. The Morgan fingerprint density at radius 2 is 2.11 bits per heavy atom. The van der Waals surface area contributed by atoms with Crippen LogP contribution in [0.5, 0.6) is 0 Å². The van der Waals surface area contributed by atoms with Gasteiger partial charge >= 0.3 is 0 Å². The van der Waals surface area contributed by atoms with Gasteiger partial charge in [-0.15, -0.1) is 0 Å². The van der Waals surface area contributed by atoms with Crippen molar-refractivity contribution in [1.82, 2.24) is 14.7 Å². The monoisotopic (exact) mass is 252 g/mol. The SMILES string of the molecule is CN(C)CCN1CC(C)(C)N(C)C(CC#N)C1=O. The molecule has 0 bridgehead atoms. The van der Waals surface area contributed by atoms with E-state index in [-0.39, 0.29) is 23.9 Å². The van der Waals surface area contributed by atoms with Gasteiger partial charge in [0.25, 0.3) is 0 Å². The summed E-state index contributed by atoms with van der Waals surface area (Å²) in [5.41, 5.74) is -0.0816. The van der Waals surface area contributed by atoms with Crippen molar-refractivity contribution in [3.8, 4) is 6.07 Å². The zero-order chi connectivity index (χ0) is 13.9. The van der Waals surface area contributed by atoms with Crippen molar-refractivity contribution in [2.24, 2.45) is 0 Å². The van der Waals surface area contributed by atoms with Crippen LogP contribution in [0.4, 0.5) is 0 Å². The lowest BCUT2D eigenvalue weighted by atomic mass is 9.94. The summed E-state index contributed by atoms with van der Waals surface area (Å²) >= 11 is 0. The first-order valence-corrected chi connectivity index (χ1v) is 6.33. The average molecular weight is 252 g/mol. The van der Waals surface area contributed by atoms with Crippen molar-refractivity contribution in [3.63, 3.8) is 0 Å². The van der Waals surface area contributed by atoms with Gasteiger partial charge in [0.2, 0.25) is 5.91 Å². The fourth-order valence-corrected chi connectivity index (χ4v) is 2.28. The third-order valence-electron chi connectivity index (χ3n) is 3.70. The first kappa shape index (κ1) is 14.9. The standard InChI is InChI=1S/C13H24N4O/c1-13(2)10-17(9-8-15(3)4)12(18)11(6-7-14)16(13)5/h11H,6,8-10H2,1-5H3. The van der Waals surface area contributed by atoms with E-state index in [1.165, 1.54) is 0 Å². The molecule has 0 aliphatic carbocycles. The molecule has 1 fully saturated rings. The number of nitriles is 1. The first-order chi connectivity index (χ1) is 8.29. The van der Waals surface area contributed by atoms with Crippen molar-refractivity contribution >= 4 is 5.91 Å². The summed E-state index contributed by atoms with van der Waals surface area (Å²) in [6, 6.07) is 1.82. The summed E-state index contributed by atoms with van der Waals surface area (Å²) in [5, 5.41) is 8.87. The predicted octanol–water partition coefficient (Wildman–Crippen LogP) is 0.383. The van der Waals surface area contributed by atoms with Gasteiger partial charge in [-0.05, 0) is 35.0 Å². The molecule has 18 heavy (non-hydrogen) atoms. The number of hydrogen-bond acceptors (Lipinski definition) is 4. The average Bonchev–Trinajstić information content (AvgIpc) is 2.28. The maximum atomic E-state index is 12.3. The van der Waals surface area contributed by atoms with Gasteiger partial charge in [0, 0.05) is 25.2 Å². The molecule has 0 N–H and O–H groups in total. The van der Waals surface area contributed by atoms with Crippen molar-refractivity contribution in [2.75, 3.05) is 40.8 Å². The lowest BCUT2D eigenvalue weighted by Crippen LogP contribution is -2.65. The van der Waals surface area contributed by atoms with E-state index in [1.54, 1.807) is 0 Å². The highest BCUT2D eigenvalue weighted by atomic mass is 16.2. The first-order valence-electron chi connectivity index (χ1n) is 6.33. The normalized spacial score (nSPS) is 24.4. The van der Waals surface area contributed by atoms with E-state index in [0.717, 1.165) is 19.6 Å². The lowest BCUT2D eigenvalue weighted by Gasteiger charge is -2.49. The van der Waals surface area contributed by atoms with Crippen LogP contribution in [-0.2, 0) is 4.79 Å². The van der Waals surface area contributed by atoms with Crippen molar-refractivity contribution < 1.29 is 4.79 Å². The number of nitrogens with zero attached hydrogens (tertiary/aromatic N) is 4. The van der Waals surface area contributed by atoms with Crippen molar-refractivity contribution in [2.45, 2.75) is 31.8 Å². The fourth-order valence-electron chi connectivity index (χ4n) is 2.28. The van der Waals surface area contributed by atoms with Crippen LogP contribution in [0.1, 0.15) is 20.3 Å². The fraction of sp³-hybridized carbons (Fsp3) is 0.846. The van der Waals surface area contributed by atoms with Crippen LogP contribution in [0.15, 0.2) is 0 Å². The summed E-state index contributed by atoms with van der Waals surface area (Å²) in [6.07, 6.45) is 0.261. The second-order valence-corrected chi connectivity index (χ2v) is 5.86. The molecule has 0 saturated carbocycles. The van der Waals surface area contributed by atoms with E-state index in [2.05, 4.69) is 24.8 Å². The Morgan fingerprint density at radius 3 is 2.61 bits per heavy atom. The van der Waals surface area contributed by atoms with Gasteiger partial charge in [0.05, 0.1) is 12.5 Å². The highest BCUT2D eigenvalue weighted by Gasteiger charge is 2.42. The topological polar surface area (TPSA) is 50.6 Å². The summed E-state index contributed by atoms with van der Waals surface area (Å²) in [6.45, 7) is 6.53. The highest BCUT2D eigenvalue weighted by Crippen LogP contribution is 2.25. The van der Waals surface area contributed by atoms with E-state index >= 15 is 0 Å². The maximum absolute atomic E-state index is 12.3. The molecular formula is C13H24N4O. The minimum atomic E-state index is -0.305. The second kappa shape index (κ2) is 5.68. The van der Waals surface area contributed by atoms with Gasteiger partial charge in [-0.2, -0.15) is 5.26 Å². The second-order valence-electron chi connectivity index (χ2n) is 5.86. The zero-order valence-electron chi connectivity index (χ0n) is 12.1. The van der Waals surface area contributed by atoms with Gasteiger partial charge in [-0.25, -0.2) is 0 Å². The molecule has 0 aromatic heterocycles. The third-order valence-corrected chi connectivity index (χ3v) is 3.70. The zero-order valence-corrected chi connectivity index (χ0v) is 12.1. The largest absolute Gasteiger partial charge is 0.338 e. The number of amides is 1. The minimum absolute atomic E-state index is 0.0816. The quantitative estimate of drug-likeness (QED) is 0.726. The Hall–Kier alpha value is -1.12. The molecule has 1 atom stereocenters. The van der Waals surface area contributed by atoms with Gasteiger partial charge in [0.1, 0.15) is 6.04 Å². The number of hydrogen-bond donors (Lipinski definition) is 0. The predicted molar refractivity (Wildman–Crippen MR) is 71.0 cm³/mol. The maximum Gasteiger partial charge on any atom is 0.241 e.